The summed E-state index contributed by atoms with van der Waals surface area (Å²) in [6.45, 7) is 2.31. The molecular weight excluding hydrogens is 328 g/mol. The molecule has 0 aliphatic rings. The highest BCUT2D eigenvalue weighted by Gasteiger charge is 2.09. The molecule has 3 aromatic rings. The van der Waals surface area contributed by atoms with Gasteiger partial charge in [0.2, 0.25) is 0 Å². The number of aromatic amines is 1. The first kappa shape index (κ1) is 16.4. The van der Waals surface area contributed by atoms with Crippen LogP contribution in [0.15, 0.2) is 28.8 Å². The van der Waals surface area contributed by atoms with Crippen LogP contribution in [0.5, 0.6) is 0 Å². The summed E-state index contributed by atoms with van der Waals surface area (Å²) in [4.78, 5) is 14.6. The third-order valence-corrected chi connectivity index (χ3v) is 4.19. The number of urea groups is 1. The number of carbonyl (C=O) groups is 1. The van der Waals surface area contributed by atoms with E-state index in [9.17, 15) is 4.79 Å². The number of aromatic nitrogens is 2. The van der Waals surface area contributed by atoms with Crippen LogP contribution in [0.25, 0.3) is 10.9 Å². The van der Waals surface area contributed by atoms with Crippen molar-refractivity contribution in [1.82, 2.24) is 20.8 Å². The lowest BCUT2D eigenvalue weighted by atomic mass is 10.1. The van der Waals surface area contributed by atoms with Crippen molar-refractivity contribution in [3.63, 3.8) is 0 Å². The molecule has 2 heterocycles. The van der Waals surface area contributed by atoms with Crippen LogP contribution in [0.4, 0.5) is 4.79 Å². The Hall–Kier alpha value is -2.47. The van der Waals surface area contributed by atoms with Crippen molar-refractivity contribution >= 4 is 28.5 Å². The molecule has 0 saturated carbocycles. The number of hydrogen-bond acceptors (Lipinski definition) is 3. The Balaban J connectivity index is 1.74. The predicted molar refractivity (Wildman–Crippen MR) is 93.3 cm³/mol. The lowest BCUT2D eigenvalue weighted by Crippen LogP contribution is -2.32. The molecule has 0 aliphatic carbocycles. The molecule has 0 aliphatic heterocycles. The Labute approximate surface area is 144 Å². The van der Waals surface area contributed by atoms with E-state index in [2.05, 4.69) is 20.8 Å². The van der Waals surface area contributed by atoms with Gasteiger partial charge in [0, 0.05) is 34.7 Å². The van der Waals surface area contributed by atoms with Crippen LogP contribution in [0.3, 0.4) is 0 Å². The molecule has 126 valence electrons. The minimum atomic E-state index is -0.213. The van der Waals surface area contributed by atoms with E-state index >= 15 is 0 Å². The Morgan fingerprint density at radius 2 is 2.12 bits per heavy atom. The highest BCUT2D eigenvalue weighted by atomic mass is 35.5. The van der Waals surface area contributed by atoms with E-state index in [1.54, 1.807) is 7.05 Å². The van der Waals surface area contributed by atoms with Gasteiger partial charge in [-0.05, 0) is 43.5 Å². The van der Waals surface area contributed by atoms with Gasteiger partial charge in [-0.1, -0.05) is 16.8 Å². The minimum Gasteiger partial charge on any atom is -0.361 e. The molecule has 1 aromatic carbocycles. The summed E-state index contributed by atoms with van der Waals surface area (Å²) in [5.74, 6) is 0.809. The number of fused-ring (bicyclic) bond motifs is 1. The molecule has 2 amide bonds. The van der Waals surface area contributed by atoms with Crippen molar-refractivity contribution in [2.75, 3.05) is 7.05 Å². The zero-order valence-corrected chi connectivity index (χ0v) is 14.3. The minimum absolute atomic E-state index is 0.213. The summed E-state index contributed by atoms with van der Waals surface area (Å²) in [6.07, 6.45) is 1.56. The summed E-state index contributed by atoms with van der Waals surface area (Å²) >= 11 is 6.40. The molecule has 0 atom stereocenters. The van der Waals surface area contributed by atoms with E-state index in [-0.39, 0.29) is 6.03 Å². The SMILES string of the molecule is CNC(=O)NCc1cc2cc(Cl)c(CCc3cc(C)on3)cc2[nH]1. The molecule has 0 saturated heterocycles. The van der Waals surface area contributed by atoms with Gasteiger partial charge in [-0.15, -0.1) is 0 Å². The van der Waals surface area contributed by atoms with Crippen LogP contribution in [0, 0.1) is 6.92 Å². The van der Waals surface area contributed by atoms with Gasteiger partial charge in [0.15, 0.2) is 0 Å². The van der Waals surface area contributed by atoms with Gasteiger partial charge in [0.1, 0.15) is 5.76 Å². The number of amides is 2. The molecule has 24 heavy (non-hydrogen) atoms. The zero-order chi connectivity index (χ0) is 17.1. The van der Waals surface area contributed by atoms with E-state index in [0.29, 0.717) is 6.54 Å². The zero-order valence-electron chi connectivity index (χ0n) is 13.6. The fourth-order valence-corrected chi connectivity index (χ4v) is 2.87. The first-order valence-corrected chi connectivity index (χ1v) is 8.10. The second-order valence-corrected chi connectivity index (χ2v) is 6.09. The van der Waals surface area contributed by atoms with Crippen molar-refractivity contribution in [2.45, 2.75) is 26.3 Å². The maximum Gasteiger partial charge on any atom is 0.314 e. The van der Waals surface area contributed by atoms with Gasteiger partial charge in [0.25, 0.3) is 0 Å². The van der Waals surface area contributed by atoms with Crippen molar-refractivity contribution in [3.05, 3.63) is 52.0 Å². The second-order valence-electron chi connectivity index (χ2n) is 5.69. The summed E-state index contributed by atoms with van der Waals surface area (Å²) < 4.78 is 5.08. The molecule has 0 unspecified atom stereocenters. The van der Waals surface area contributed by atoms with Gasteiger partial charge >= 0.3 is 6.03 Å². The largest absolute Gasteiger partial charge is 0.361 e. The van der Waals surface area contributed by atoms with Gasteiger partial charge in [0.05, 0.1) is 12.2 Å². The Morgan fingerprint density at radius 3 is 2.83 bits per heavy atom. The van der Waals surface area contributed by atoms with Crippen LogP contribution in [-0.2, 0) is 19.4 Å². The summed E-state index contributed by atoms with van der Waals surface area (Å²) in [5.41, 5.74) is 3.90. The lowest BCUT2D eigenvalue weighted by Gasteiger charge is -2.03. The van der Waals surface area contributed by atoms with E-state index in [4.69, 9.17) is 16.1 Å². The number of carbonyl (C=O) groups excluding carboxylic acids is 1. The molecule has 0 spiro atoms. The van der Waals surface area contributed by atoms with Crippen LogP contribution < -0.4 is 10.6 Å². The van der Waals surface area contributed by atoms with E-state index < -0.39 is 0 Å². The summed E-state index contributed by atoms with van der Waals surface area (Å²) in [6, 6.07) is 7.70. The second kappa shape index (κ2) is 6.97. The number of benzene rings is 1. The number of hydrogen-bond donors (Lipinski definition) is 3. The number of halogens is 1. The highest BCUT2D eigenvalue weighted by Crippen LogP contribution is 2.26. The standard InChI is InChI=1S/C17H19ClN4O2/c1-10-5-13(22-24-10)4-3-11-8-16-12(7-15(11)18)6-14(21-16)9-20-17(23)19-2/h5-8,21H,3-4,9H2,1-2H3,(H2,19,20,23). The fourth-order valence-electron chi connectivity index (χ4n) is 2.61. The monoisotopic (exact) mass is 346 g/mol. The molecule has 2 aromatic heterocycles. The van der Waals surface area contributed by atoms with Crippen molar-refractivity contribution < 1.29 is 9.32 Å². The average molecular weight is 347 g/mol. The molecule has 0 fully saturated rings. The Morgan fingerprint density at radius 1 is 1.29 bits per heavy atom. The number of aryl methyl sites for hydroxylation is 3. The van der Waals surface area contributed by atoms with Crippen molar-refractivity contribution in [1.29, 1.82) is 0 Å². The molecule has 3 N–H and O–H groups in total. The molecule has 6 nitrogen and oxygen atoms in total. The van der Waals surface area contributed by atoms with Crippen LogP contribution in [0.1, 0.15) is 22.7 Å². The third kappa shape index (κ3) is 3.71. The van der Waals surface area contributed by atoms with Crippen molar-refractivity contribution in [2.24, 2.45) is 0 Å². The van der Waals surface area contributed by atoms with Gasteiger partial charge in [-0.25, -0.2) is 4.79 Å². The molecule has 7 heteroatoms. The van der Waals surface area contributed by atoms with Gasteiger partial charge < -0.3 is 20.1 Å². The fraction of sp³-hybridized carbons (Fsp3) is 0.294. The number of nitrogens with one attached hydrogen (secondary N) is 3. The van der Waals surface area contributed by atoms with Gasteiger partial charge in [-0.3, -0.25) is 0 Å². The smallest absolute Gasteiger partial charge is 0.314 e. The maximum atomic E-state index is 11.3. The van der Waals surface area contributed by atoms with E-state index in [0.717, 1.165) is 51.5 Å². The topological polar surface area (TPSA) is 82.9 Å². The van der Waals surface area contributed by atoms with Crippen LogP contribution in [-0.4, -0.2) is 23.2 Å². The average Bonchev–Trinajstić information content (AvgIpc) is 3.15. The first-order valence-electron chi connectivity index (χ1n) is 7.73. The van der Waals surface area contributed by atoms with Crippen molar-refractivity contribution in [3.8, 4) is 0 Å². The summed E-state index contributed by atoms with van der Waals surface area (Å²) in [5, 5.41) is 11.0. The quantitative estimate of drug-likeness (QED) is 0.662. The molecular formula is C17H19ClN4O2. The number of H-pyrrole nitrogens is 1. The highest BCUT2D eigenvalue weighted by molar-refractivity contribution is 6.32. The first-order chi connectivity index (χ1) is 11.5. The van der Waals surface area contributed by atoms with E-state index in [1.807, 2.05) is 31.2 Å². The van der Waals surface area contributed by atoms with Crippen LogP contribution in [0.2, 0.25) is 5.02 Å². The number of nitrogens with zero attached hydrogens (tertiary/aromatic N) is 1. The Bertz CT molecular complexity index is 869. The number of rotatable bonds is 5. The maximum absolute atomic E-state index is 11.3. The molecule has 0 radical (unpaired) electrons. The molecule has 0 bridgehead atoms. The lowest BCUT2D eigenvalue weighted by molar-refractivity contribution is 0.242. The summed E-state index contributed by atoms with van der Waals surface area (Å²) in [7, 11) is 1.59. The van der Waals surface area contributed by atoms with Gasteiger partial charge in [-0.2, -0.15) is 0 Å². The molecule has 3 rings (SSSR count). The third-order valence-electron chi connectivity index (χ3n) is 3.84. The predicted octanol–water partition coefficient (Wildman–Crippen LogP) is 3.33. The normalized spacial score (nSPS) is 11.0. The van der Waals surface area contributed by atoms with Crippen LogP contribution >= 0.6 is 11.6 Å². The van der Waals surface area contributed by atoms with E-state index in [1.165, 1.54) is 0 Å². The Kier molecular flexibility index (Phi) is 4.76.